The molecule has 12 heavy (non-hydrogen) atoms. The van der Waals surface area contributed by atoms with Gasteiger partial charge in [-0.1, -0.05) is 13.8 Å². The molecule has 0 aromatic rings. The summed E-state index contributed by atoms with van der Waals surface area (Å²) in [6.45, 7) is 7.43. The van der Waals surface area contributed by atoms with Gasteiger partial charge in [-0.2, -0.15) is 0 Å². The van der Waals surface area contributed by atoms with Crippen LogP contribution in [0.1, 0.15) is 34.1 Å². The Hall–Kier alpha value is -0.353. The zero-order chi connectivity index (χ0) is 9.56. The van der Waals surface area contributed by atoms with Gasteiger partial charge in [0.1, 0.15) is 0 Å². The highest BCUT2D eigenvalue weighted by atomic mass is 28.3. The first kappa shape index (κ1) is 11.6. The average molecular weight is 189 g/mol. The lowest BCUT2D eigenvalue weighted by molar-refractivity contribution is -0.133. The topological polar surface area (TPSA) is 35.5 Å². The third-order valence-corrected chi connectivity index (χ3v) is 3.21. The van der Waals surface area contributed by atoms with Crippen LogP contribution < -0.4 is 0 Å². The molecule has 3 nitrogen and oxygen atoms in total. The van der Waals surface area contributed by atoms with Gasteiger partial charge >= 0.3 is 9.28 Å². The van der Waals surface area contributed by atoms with Gasteiger partial charge in [-0.15, -0.1) is 0 Å². The molecule has 1 radical (unpaired) electrons. The Morgan fingerprint density at radius 3 is 2.42 bits per heavy atom. The number of hydrogen-bond donors (Lipinski definition) is 0. The summed E-state index contributed by atoms with van der Waals surface area (Å²) in [6.07, 6.45) is 1.15. The molecule has 0 aliphatic rings. The predicted octanol–water partition coefficient (Wildman–Crippen LogP) is 1.87. The third kappa shape index (κ3) is 5.32. The Kier molecular flexibility index (Phi) is 6.01. The minimum absolute atomic E-state index is 0.193. The lowest BCUT2D eigenvalue weighted by Gasteiger charge is -2.16. The lowest BCUT2D eigenvalue weighted by atomic mass is 10.3. The summed E-state index contributed by atoms with van der Waals surface area (Å²) in [4.78, 5) is 10.6. The average Bonchev–Trinajstić information content (AvgIpc) is 2.02. The van der Waals surface area contributed by atoms with E-state index in [1.54, 1.807) is 0 Å². The second-order valence-corrected chi connectivity index (χ2v) is 4.55. The van der Waals surface area contributed by atoms with Crippen molar-refractivity contribution in [1.29, 1.82) is 0 Å². The van der Waals surface area contributed by atoms with Crippen LogP contribution in [-0.4, -0.2) is 21.4 Å². The fourth-order valence-electron chi connectivity index (χ4n) is 0.648. The maximum Gasteiger partial charge on any atom is 0.459 e. The van der Waals surface area contributed by atoms with Crippen LogP contribution in [0, 0.1) is 0 Å². The molecule has 0 amide bonds. The molecule has 0 N–H and O–H groups in total. The largest absolute Gasteiger partial charge is 0.492 e. The standard InChI is InChI=1S/C8H17O3Si/c1-5-7(3)10-12(6-2)11-8(4)9/h7H,5-6H2,1-4H3. The van der Waals surface area contributed by atoms with E-state index in [2.05, 4.69) is 0 Å². The van der Waals surface area contributed by atoms with Crippen molar-refractivity contribution in [1.82, 2.24) is 0 Å². The van der Waals surface area contributed by atoms with Gasteiger partial charge < -0.3 is 8.85 Å². The van der Waals surface area contributed by atoms with Crippen molar-refractivity contribution < 1.29 is 13.6 Å². The van der Waals surface area contributed by atoms with E-state index in [0.29, 0.717) is 0 Å². The molecular weight excluding hydrogens is 172 g/mol. The zero-order valence-corrected chi connectivity index (χ0v) is 9.22. The van der Waals surface area contributed by atoms with E-state index < -0.39 is 9.28 Å². The predicted molar refractivity (Wildman–Crippen MR) is 48.8 cm³/mol. The molecule has 0 aromatic carbocycles. The van der Waals surface area contributed by atoms with Crippen molar-refractivity contribution in [3.8, 4) is 0 Å². The molecule has 0 heterocycles. The second-order valence-electron chi connectivity index (χ2n) is 2.66. The van der Waals surface area contributed by atoms with Gasteiger partial charge in [0.15, 0.2) is 0 Å². The molecule has 0 aliphatic carbocycles. The van der Waals surface area contributed by atoms with E-state index in [0.717, 1.165) is 12.5 Å². The smallest absolute Gasteiger partial charge is 0.459 e. The maximum absolute atomic E-state index is 10.6. The molecular formula is C8H17O3Si. The van der Waals surface area contributed by atoms with E-state index in [1.807, 2.05) is 20.8 Å². The van der Waals surface area contributed by atoms with Crippen LogP contribution in [0.4, 0.5) is 0 Å². The summed E-state index contributed by atoms with van der Waals surface area (Å²) >= 11 is 0. The fourth-order valence-corrected chi connectivity index (χ4v) is 1.94. The van der Waals surface area contributed by atoms with Crippen LogP contribution in [0.2, 0.25) is 6.04 Å². The first-order chi connectivity index (χ1) is 5.60. The first-order valence-corrected chi connectivity index (χ1v) is 5.83. The molecule has 4 heteroatoms. The van der Waals surface area contributed by atoms with Gasteiger partial charge in [0.25, 0.3) is 5.97 Å². The van der Waals surface area contributed by atoms with Gasteiger partial charge in [-0.3, -0.25) is 4.79 Å². The van der Waals surface area contributed by atoms with Gasteiger partial charge in [0.05, 0.1) is 0 Å². The Balaban J connectivity index is 3.74. The summed E-state index contributed by atoms with van der Waals surface area (Å²) < 4.78 is 10.5. The summed E-state index contributed by atoms with van der Waals surface area (Å²) in [5, 5.41) is 0. The van der Waals surface area contributed by atoms with E-state index in [9.17, 15) is 4.79 Å². The molecule has 71 valence electrons. The molecule has 0 aromatic heterocycles. The molecule has 0 bridgehead atoms. The molecule has 0 saturated heterocycles. The minimum atomic E-state index is -1.34. The molecule has 0 saturated carbocycles. The molecule has 0 fully saturated rings. The van der Waals surface area contributed by atoms with Crippen molar-refractivity contribution in [2.45, 2.75) is 46.3 Å². The summed E-state index contributed by atoms with van der Waals surface area (Å²) in [6, 6.07) is 0.800. The van der Waals surface area contributed by atoms with Gasteiger partial charge in [-0.25, -0.2) is 0 Å². The van der Waals surface area contributed by atoms with Crippen molar-refractivity contribution in [2.24, 2.45) is 0 Å². The lowest BCUT2D eigenvalue weighted by Crippen LogP contribution is -2.28. The summed E-state index contributed by atoms with van der Waals surface area (Å²) in [5.41, 5.74) is 0. The van der Waals surface area contributed by atoms with Crippen LogP contribution in [0.3, 0.4) is 0 Å². The van der Waals surface area contributed by atoms with E-state index in [4.69, 9.17) is 8.85 Å². The maximum atomic E-state index is 10.6. The summed E-state index contributed by atoms with van der Waals surface area (Å²) in [7, 11) is -1.34. The first-order valence-electron chi connectivity index (χ1n) is 4.31. The quantitative estimate of drug-likeness (QED) is 0.619. The van der Waals surface area contributed by atoms with Gasteiger partial charge in [0.2, 0.25) is 0 Å². The van der Waals surface area contributed by atoms with E-state index in [-0.39, 0.29) is 12.1 Å². The van der Waals surface area contributed by atoms with Crippen LogP contribution >= 0.6 is 0 Å². The number of carbonyl (C=O) groups excluding carboxylic acids is 1. The Morgan fingerprint density at radius 1 is 1.50 bits per heavy atom. The highest BCUT2D eigenvalue weighted by Gasteiger charge is 2.18. The second kappa shape index (κ2) is 6.19. The zero-order valence-electron chi connectivity index (χ0n) is 8.22. The number of carbonyl (C=O) groups is 1. The van der Waals surface area contributed by atoms with Gasteiger partial charge in [-0.05, 0) is 13.3 Å². The molecule has 0 rings (SSSR count). The molecule has 1 unspecified atom stereocenters. The van der Waals surface area contributed by atoms with Crippen LogP contribution in [0.15, 0.2) is 0 Å². The van der Waals surface area contributed by atoms with Crippen molar-refractivity contribution in [3.63, 3.8) is 0 Å². The van der Waals surface area contributed by atoms with E-state index in [1.165, 1.54) is 6.92 Å². The number of hydrogen-bond acceptors (Lipinski definition) is 3. The number of rotatable bonds is 5. The SMILES string of the molecule is CCC(C)O[Si](CC)OC(C)=O. The van der Waals surface area contributed by atoms with Crippen molar-refractivity contribution >= 4 is 15.3 Å². The molecule has 0 aliphatic heterocycles. The van der Waals surface area contributed by atoms with Crippen LogP contribution in [0.5, 0.6) is 0 Å². The van der Waals surface area contributed by atoms with Crippen LogP contribution in [-0.2, 0) is 13.6 Å². The Labute approximate surface area is 75.9 Å². The summed E-state index contributed by atoms with van der Waals surface area (Å²) in [5.74, 6) is -0.242. The highest BCUT2D eigenvalue weighted by Crippen LogP contribution is 2.04. The minimum Gasteiger partial charge on any atom is -0.492 e. The Bertz CT molecular complexity index is 138. The van der Waals surface area contributed by atoms with Crippen molar-refractivity contribution in [3.05, 3.63) is 0 Å². The Morgan fingerprint density at radius 2 is 2.08 bits per heavy atom. The van der Waals surface area contributed by atoms with Crippen LogP contribution in [0.25, 0.3) is 0 Å². The molecule has 1 atom stereocenters. The van der Waals surface area contributed by atoms with Gasteiger partial charge in [0, 0.05) is 19.1 Å². The highest BCUT2D eigenvalue weighted by molar-refractivity contribution is 6.46. The monoisotopic (exact) mass is 189 g/mol. The normalized spacial score (nSPS) is 13.1. The molecule has 0 spiro atoms. The fraction of sp³-hybridized carbons (Fsp3) is 0.875. The van der Waals surface area contributed by atoms with Crippen molar-refractivity contribution in [2.75, 3.05) is 0 Å². The van der Waals surface area contributed by atoms with E-state index >= 15 is 0 Å². The third-order valence-electron chi connectivity index (χ3n) is 1.45.